The molecule has 0 aliphatic carbocycles. The van der Waals surface area contributed by atoms with Gasteiger partial charge in [-0.2, -0.15) is 11.8 Å². The molecule has 0 radical (unpaired) electrons. The molecule has 1 fully saturated rings. The van der Waals surface area contributed by atoms with E-state index in [-0.39, 0.29) is 24.8 Å². The number of hydrogen-bond acceptors (Lipinski definition) is 4. The first-order chi connectivity index (χ1) is 8.88. The summed E-state index contributed by atoms with van der Waals surface area (Å²) in [7, 11) is 0. The standard InChI is InChI=1S/C12H20N2O4S/c1-8(6-11(16)17)5-10(15)13-12(18)14-3-4-19-9(2)7-14/h8-9H,3-7H2,1-2H3,(H,16,17)(H,13,15,18). The van der Waals surface area contributed by atoms with E-state index in [1.54, 1.807) is 23.6 Å². The van der Waals surface area contributed by atoms with Gasteiger partial charge in [0.25, 0.3) is 0 Å². The van der Waals surface area contributed by atoms with Crippen LogP contribution in [-0.4, -0.2) is 52.0 Å². The smallest absolute Gasteiger partial charge is 0.324 e. The summed E-state index contributed by atoms with van der Waals surface area (Å²) in [5, 5.41) is 11.3. The minimum atomic E-state index is -0.937. The maximum Gasteiger partial charge on any atom is 0.324 e. The second-order valence-corrected chi connectivity index (χ2v) is 6.43. The number of carbonyl (C=O) groups excluding carboxylic acids is 2. The average molecular weight is 288 g/mol. The summed E-state index contributed by atoms with van der Waals surface area (Å²) >= 11 is 1.80. The van der Waals surface area contributed by atoms with Crippen molar-refractivity contribution < 1.29 is 19.5 Å². The molecule has 1 aliphatic rings. The number of imide groups is 1. The fourth-order valence-corrected chi connectivity index (χ4v) is 2.95. The number of amides is 3. The monoisotopic (exact) mass is 288 g/mol. The van der Waals surface area contributed by atoms with E-state index in [1.807, 2.05) is 6.92 Å². The van der Waals surface area contributed by atoms with E-state index in [0.29, 0.717) is 18.3 Å². The molecule has 0 spiro atoms. The highest BCUT2D eigenvalue weighted by atomic mass is 32.2. The van der Waals surface area contributed by atoms with Gasteiger partial charge < -0.3 is 10.0 Å². The molecule has 2 atom stereocenters. The Morgan fingerprint density at radius 3 is 2.68 bits per heavy atom. The van der Waals surface area contributed by atoms with Gasteiger partial charge >= 0.3 is 12.0 Å². The van der Waals surface area contributed by atoms with Gasteiger partial charge in [0, 0.05) is 36.9 Å². The van der Waals surface area contributed by atoms with Gasteiger partial charge in [-0.15, -0.1) is 0 Å². The maximum atomic E-state index is 11.8. The molecule has 7 heteroatoms. The largest absolute Gasteiger partial charge is 0.481 e. The molecule has 3 amide bonds. The van der Waals surface area contributed by atoms with Crippen LogP contribution in [0.4, 0.5) is 4.79 Å². The summed E-state index contributed by atoms with van der Waals surface area (Å²) < 4.78 is 0. The van der Waals surface area contributed by atoms with Gasteiger partial charge in [0.05, 0.1) is 0 Å². The molecule has 1 rings (SSSR count). The van der Waals surface area contributed by atoms with Crippen molar-refractivity contribution in [2.45, 2.75) is 31.9 Å². The minimum Gasteiger partial charge on any atom is -0.481 e. The van der Waals surface area contributed by atoms with Crippen molar-refractivity contribution in [3.05, 3.63) is 0 Å². The van der Waals surface area contributed by atoms with Crippen molar-refractivity contribution >= 4 is 29.7 Å². The zero-order valence-corrected chi connectivity index (χ0v) is 12.0. The van der Waals surface area contributed by atoms with Gasteiger partial charge in [-0.25, -0.2) is 4.79 Å². The van der Waals surface area contributed by atoms with Crippen molar-refractivity contribution in [1.29, 1.82) is 0 Å². The Morgan fingerprint density at radius 2 is 2.11 bits per heavy atom. The number of carbonyl (C=O) groups is 3. The first-order valence-electron chi connectivity index (χ1n) is 6.30. The molecular formula is C12H20N2O4S. The van der Waals surface area contributed by atoms with Gasteiger partial charge in [-0.05, 0) is 5.92 Å². The molecule has 108 valence electrons. The van der Waals surface area contributed by atoms with Crippen molar-refractivity contribution in [1.82, 2.24) is 10.2 Å². The zero-order valence-electron chi connectivity index (χ0n) is 11.2. The summed E-state index contributed by atoms with van der Waals surface area (Å²) in [6.45, 7) is 4.99. The minimum absolute atomic E-state index is 0.0518. The van der Waals surface area contributed by atoms with Crippen LogP contribution in [0.5, 0.6) is 0 Å². The molecule has 2 unspecified atom stereocenters. The Kier molecular flexibility index (Phi) is 6.14. The molecule has 0 aromatic heterocycles. The van der Waals surface area contributed by atoms with E-state index < -0.39 is 11.9 Å². The quantitative estimate of drug-likeness (QED) is 0.810. The lowest BCUT2D eigenvalue weighted by Crippen LogP contribution is -2.48. The fraction of sp³-hybridized carbons (Fsp3) is 0.750. The van der Waals surface area contributed by atoms with E-state index in [9.17, 15) is 14.4 Å². The maximum absolute atomic E-state index is 11.8. The Labute approximate surface area is 116 Å². The van der Waals surface area contributed by atoms with Crippen LogP contribution >= 0.6 is 11.8 Å². The van der Waals surface area contributed by atoms with Crippen molar-refractivity contribution in [2.24, 2.45) is 5.92 Å². The highest BCUT2D eigenvalue weighted by molar-refractivity contribution is 7.99. The highest BCUT2D eigenvalue weighted by Gasteiger charge is 2.23. The topological polar surface area (TPSA) is 86.7 Å². The van der Waals surface area contributed by atoms with Crippen molar-refractivity contribution in [3.63, 3.8) is 0 Å². The van der Waals surface area contributed by atoms with Crippen LogP contribution in [0.2, 0.25) is 0 Å². The van der Waals surface area contributed by atoms with Gasteiger partial charge in [0.15, 0.2) is 0 Å². The van der Waals surface area contributed by atoms with Gasteiger partial charge in [0.1, 0.15) is 0 Å². The summed E-state index contributed by atoms with van der Waals surface area (Å²) in [6.07, 6.45) is -0.0187. The summed E-state index contributed by atoms with van der Waals surface area (Å²) in [5.41, 5.74) is 0. The Bertz CT molecular complexity index is 362. The molecule has 2 N–H and O–H groups in total. The molecule has 0 aromatic rings. The highest BCUT2D eigenvalue weighted by Crippen LogP contribution is 2.17. The molecule has 0 bridgehead atoms. The predicted octanol–water partition coefficient (Wildman–Crippen LogP) is 1.16. The molecule has 1 aliphatic heterocycles. The fourth-order valence-electron chi connectivity index (χ4n) is 1.94. The molecular weight excluding hydrogens is 268 g/mol. The predicted molar refractivity (Wildman–Crippen MR) is 73.1 cm³/mol. The second-order valence-electron chi connectivity index (χ2n) is 4.89. The molecule has 0 aromatic carbocycles. The lowest BCUT2D eigenvalue weighted by atomic mass is 10.0. The number of hydrogen-bond donors (Lipinski definition) is 2. The second kappa shape index (κ2) is 7.37. The normalized spacial score (nSPS) is 20.7. The Morgan fingerprint density at radius 1 is 1.42 bits per heavy atom. The van der Waals surface area contributed by atoms with E-state index >= 15 is 0 Å². The van der Waals surface area contributed by atoms with E-state index in [1.165, 1.54) is 0 Å². The third-order valence-corrected chi connectivity index (χ3v) is 3.97. The van der Waals surface area contributed by atoms with Gasteiger partial charge in [0.2, 0.25) is 5.91 Å². The van der Waals surface area contributed by atoms with Crippen LogP contribution < -0.4 is 5.32 Å². The van der Waals surface area contributed by atoms with E-state index in [4.69, 9.17) is 5.11 Å². The van der Waals surface area contributed by atoms with E-state index in [2.05, 4.69) is 5.32 Å². The summed E-state index contributed by atoms with van der Waals surface area (Å²) in [5.74, 6) is -0.752. The molecule has 1 saturated heterocycles. The van der Waals surface area contributed by atoms with Gasteiger partial charge in [-0.1, -0.05) is 13.8 Å². The third kappa shape index (κ3) is 5.96. The number of thioether (sulfide) groups is 1. The average Bonchev–Trinajstić information content (AvgIpc) is 2.27. The van der Waals surface area contributed by atoms with Crippen LogP contribution in [0.15, 0.2) is 0 Å². The first-order valence-corrected chi connectivity index (χ1v) is 7.35. The van der Waals surface area contributed by atoms with Crippen molar-refractivity contribution in [2.75, 3.05) is 18.8 Å². The number of aliphatic carboxylic acids is 1. The lowest BCUT2D eigenvalue weighted by Gasteiger charge is -2.30. The first kappa shape index (κ1) is 15.8. The SMILES string of the molecule is CC(CC(=O)O)CC(=O)NC(=O)N1CCSC(C)C1. The lowest BCUT2D eigenvalue weighted by molar-refractivity contribution is -0.138. The van der Waals surface area contributed by atoms with Crippen LogP contribution in [0.1, 0.15) is 26.7 Å². The van der Waals surface area contributed by atoms with Gasteiger partial charge in [-0.3, -0.25) is 14.9 Å². The molecule has 6 nitrogen and oxygen atoms in total. The Hall–Kier alpha value is -1.24. The number of nitrogens with zero attached hydrogens (tertiary/aromatic N) is 1. The number of urea groups is 1. The molecule has 1 heterocycles. The summed E-state index contributed by atoms with van der Waals surface area (Å²) in [6, 6.07) is -0.375. The number of rotatable bonds is 4. The summed E-state index contributed by atoms with van der Waals surface area (Å²) in [4.78, 5) is 35.6. The number of nitrogens with one attached hydrogen (secondary N) is 1. The van der Waals surface area contributed by atoms with Crippen molar-refractivity contribution in [3.8, 4) is 0 Å². The van der Waals surface area contributed by atoms with Crippen LogP contribution in [-0.2, 0) is 9.59 Å². The van der Waals surface area contributed by atoms with Crippen LogP contribution in [0.25, 0.3) is 0 Å². The Balaban J connectivity index is 2.35. The zero-order chi connectivity index (χ0) is 14.4. The number of carboxylic acid groups (broad SMARTS) is 1. The molecule has 19 heavy (non-hydrogen) atoms. The van der Waals surface area contributed by atoms with Crippen LogP contribution in [0, 0.1) is 5.92 Å². The molecule has 0 saturated carbocycles. The van der Waals surface area contributed by atoms with Crippen LogP contribution in [0.3, 0.4) is 0 Å². The third-order valence-electron chi connectivity index (χ3n) is 2.83. The van der Waals surface area contributed by atoms with E-state index in [0.717, 1.165) is 5.75 Å². The number of carboxylic acids is 1.